The van der Waals surface area contributed by atoms with E-state index in [1.54, 1.807) is 0 Å². The molecule has 0 bridgehead atoms. The lowest BCUT2D eigenvalue weighted by atomic mass is 10.1. The van der Waals surface area contributed by atoms with Gasteiger partial charge in [-0.05, 0) is 50.0 Å². The highest BCUT2D eigenvalue weighted by molar-refractivity contribution is 9.10. The number of benzene rings is 1. The maximum atomic E-state index is 12.2. The van der Waals surface area contributed by atoms with Crippen molar-refractivity contribution in [3.63, 3.8) is 0 Å². The maximum absolute atomic E-state index is 12.2. The van der Waals surface area contributed by atoms with Crippen LogP contribution in [0.4, 0.5) is 0 Å². The molecule has 0 spiro atoms. The van der Waals surface area contributed by atoms with Crippen molar-refractivity contribution < 1.29 is 4.79 Å². The van der Waals surface area contributed by atoms with Gasteiger partial charge in [-0.3, -0.25) is 9.89 Å². The highest BCUT2D eigenvalue weighted by atomic mass is 79.9. The summed E-state index contributed by atoms with van der Waals surface area (Å²) in [5.41, 5.74) is 1.34. The van der Waals surface area contributed by atoms with Gasteiger partial charge in [0.15, 0.2) is 5.69 Å². The Labute approximate surface area is 137 Å². The Morgan fingerprint density at radius 1 is 1.48 bits per heavy atom. The second kappa shape index (κ2) is 7.24. The molecule has 1 aromatic carbocycles. The van der Waals surface area contributed by atoms with Crippen LogP contribution in [0.25, 0.3) is 10.9 Å². The third-order valence-electron chi connectivity index (χ3n) is 3.74. The molecule has 0 radical (unpaired) electrons. The van der Waals surface area contributed by atoms with Gasteiger partial charge in [-0.1, -0.05) is 15.9 Å². The SMILES string of the molecule is Cl.O=C(NCCC1CCNC1)c1n[nH]c2ccc(Br)cc12. The van der Waals surface area contributed by atoms with Crippen molar-refractivity contribution in [1.29, 1.82) is 0 Å². The quantitative estimate of drug-likeness (QED) is 0.771. The number of aromatic amines is 1. The van der Waals surface area contributed by atoms with E-state index in [4.69, 9.17) is 0 Å². The number of hydrogen-bond donors (Lipinski definition) is 3. The van der Waals surface area contributed by atoms with Crippen molar-refractivity contribution in [1.82, 2.24) is 20.8 Å². The molecule has 3 N–H and O–H groups in total. The van der Waals surface area contributed by atoms with Gasteiger partial charge < -0.3 is 10.6 Å². The highest BCUT2D eigenvalue weighted by Crippen LogP contribution is 2.21. The van der Waals surface area contributed by atoms with Crippen molar-refractivity contribution in [2.45, 2.75) is 12.8 Å². The number of H-pyrrole nitrogens is 1. The van der Waals surface area contributed by atoms with E-state index in [0.29, 0.717) is 18.2 Å². The minimum Gasteiger partial charge on any atom is -0.351 e. The van der Waals surface area contributed by atoms with E-state index in [0.717, 1.165) is 34.9 Å². The van der Waals surface area contributed by atoms with Gasteiger partial charge in [-0.2, -0.15) is 5.10 Å². The van der Waals surface area contributed by atoms with Crippen LogP contribution < -0.4 is 10.6 Å². The molecule has 1 unspecified atom stereocenters. The molecule has 0 aliphatic carbocycles. The van der Waals surface area contributed by atoms with Crippen LogP contribution >= 0.6 is 28.3 Å². The summed E-state index contributed by atoms with van der Waals surface area (Å²) < 4.78 is 0.942. The number of amides is 1. The van der Waals surface area contributed by atoms with Crippen LogP contribution in [0.2, 0.25) is 0 Å². The molecule has 1 fully saturated rings. The molecule has 2 aromatic rings. The normalized spacial score (nSPS) is 17.7. The molecular weight excluding hydrogens is 356 g/mol. The van der Waals surface area contributed by atoms with E-state index in [1.807, 2.05) is 18.2 Å². The fraction of sp³-hybridized carbons (Fsp3) is 0.429. The van der Waals surface area contributed by atoms with Crippen molar-refractivity contribution in [2.75, 3.05) is 19.6 Å². The molecule has 2 heterocycles. The van der Waals surface area contributed by atoms with Gasteiger partial charge in [-0.15, -0.1) is 12.4 Å². The van der Waals surface area contributed by atoms with Gasteiger partial charge in [0.2, 0.25) is 0 Å². The van der Waals surface area contributed by atoms with E-state index in [-0.39, 0.29) is 18.3 Å². The number of nitrogens with zero attached hydrogens (tertiary/aromatic N) is 1. The second-order valence-corrected chi connectivity index (χ2v) is 6.08. The Hall–Kier alpha value is -1.11. The fourth-order valence-electron chi connectivity index (χ4n) is 2.59. The molecule has 1 aliphatic heterocycles. The van der Waals surface area contributed by atoms with Gasteiger partial charge in [-0.25, -0.2) is 0 Å². The zero-order valence-corrected chi connectivity index (χ0v) is 13.9. The topological polar surface area (TPSA) is 69.8 Å². The standard InChI is InChI=1S/C14H17BrN4O.ClH/c15-10-1-2-12-11(7-10)13(19-18-12)14(20)17-6-4-9-3-5-16-8-9;/h1-2,7,9,16H,3-6,8H2,(H,17,20)(H,18,19);1H. The van der Waals surface area contributed by atoms with Crippen LogP contribution in [0.1, 0.15) is 23.3 Å². The molecule has 7 heteroatoms. The van der Waals surface area contributed by atoms with E-state index in [9.17, 15) is 4.79 Å². The molecule has 114 valence electrons. The molecule has 21 heavy (non-hydrogen) atoms. The molecule has 1 atom stereocenters. The Morgan fingerprint density at radius 2 is 2.33 bits per heavy atom. The molecule has 0 saturated carbocycles. The summed E-state index contributed by atoms with van der Waals surface area (Å²) in [6.45, 7) is 2.86. The average molecular weight is 374 g/mol. The van der Waals surface area contributed by atoms with Gasteiger partial charge in [0, 0.05) is 16.4 Å². The predicted molar refractivity (Wildman–Crippen MR) is 89.0 cm³/mol. The Kier molecular flexibility index (Phi) is 5.61. The van der Waals surface area contributed by atoms with Crippen molar-refractivity contribution >= 4 is 45.1 Å². The van der Waals surface area contributed by atoms with Gasteiger partial charge in [0.05, 0.1) is 5.52 Å². The van der Waals surface area contributed by atoms with Crippen LogP contribution in [0.3, 0.4) is 0 Å². The molecule has 5 nitrogen and oxygen atoms in total. The van der Waals surface area contributed by atoms with Crippen LogP contribution in [0.5, 0.6) is 0 Å². The van der Waals surface area contributed by atoms with E-state index in [2.05, 4.69) is 36.8 Å². The Bertz CT molecular complexity index is 624. The molecule has 1 aromatic heterocycles. The largest absolute Gasteiger partial charge is 0.351 e. The summed E-state index contributed by atoms with van der Waals surface area (Å²) in [5, 5.41) is 14.1. The first kappa shape index (κ1) is 16.3. The zero-order valence-electron chi connectivity index (χ0n) is 11.5. The number of aromatic nitrogens is 2. The monoisotopic (exact) mass is 372 g/mol. The van der Waals surface area contributed by atoms with Crippen molar-refractivity contribution in [3.8, 4) is 0 Å². The molecule has 1 saturated heterocycles. The number of rotatable bonds is 4. The number of carbonyl (C=O) groups excluding carboxylic acids is 1. The summed E-state index contributed by atoms with van der Waals surface area (Å²) in [6.07, 6.45) is 2.22. The maximum Gasteiger partial charge on any atom is 0.272 e. The number of carbonyl (C=O) groups is 1. The summed E-state index contributed by atoms with van der Waals surface area (Å²) in [4.78, 5) is 12.2. The first-order valence-corrected chi connectivity index (χ1v) is 7.66. The molecule has 1 aliphatic rings. The van der Waals surface area contributed by atoms with Crippen LogP contribution in [0.15, 0.2) is 22.7 Å². The molecule has 3 rings (SSSR count). The number of nitrogens with one attached hydrogen (secondary N) is 3. The summed E-state index contributed by atoms with van der Waals surface area (Å²) in [6, 6.07) is 5.75. The zero-order chi connectivity index (χ0) is 13.9. The second-order valence-electron chi connectivity index (χ2n) is 5.17. The van der Waals surface area contributed by atoms with Crippen LogP contribution in [-0.4, -0.2) is 35.7 Å². The fourth-order valence-corrected chi connectivity index (χ4v) is 2.95. The van der Waals surface area contributed by atoms with Crippen LogP contribution in [-0.2, 0) is 0 Å². The van der Waals surface area contributed by atoms with E-state index >= 15 is 0 Å². The number of fused-ring (bicyclic) bond motifs is 1. The van der Waals surface area contributed by atoms with Gasteiger partial charge in [0.25, 0.3) is 5.91 Å². The van der Waals surface area contributed by atoms with Gasteiger partial charge in [0.1, 0.15) is 0 Å². The highest BCUT2D eigenvalue weighted by Gasteiger charge is 2.16. The van der Waals surface area contributed by atoms with Crippen LogP contribution in [0, 0.1) is 5.92 Å². The third kappa shape index (κ3) is 3.75. The van der Waals surface area contributed by atoms with Crippen molar-refractivity contribution in [3.05, 3.63) is 28.4 Å². The first-order chi connectivity index (χ1) is 9.74. The smallest absolute Gasteiger partial charge is 0.272 e. The summed E-state index contributed by atoms with van der Waals surface area (Å²) in [5.74, 6) is 0.570. The number of halogens is 2. The van der Waals surface area contributed by atoms with Crippen molar-refractivity contribution in [2.24, 2.45) is 5.92 Å². The first-order valence-electron chi connectivity index (χ1n) is 6.86. The van der Waals surface area contributed by atoms with Gasteiger partial charge >= 0.3 is 0 Å². The molecule has 1 amide bonds. The Morgan fingerprint density at radius 3 is 3.10 bits per heavy atom. The number of hydrogen-bond acceptors (Lipinski definition) is 3. The average Bonchev–Trinajstić information content (AvgIpc) is 3.07. The minimum absolute atomic E-state index is 0. The van der Waals surface area contributed by atoms with E-state index in [1.165, 1.54) is 6.42 Å². The minimum atomic E-state index is -0.111. The lowest BCUT2D eigenvalue weighted by molar-refractivity contribution is 0.0948. The summed E-state index contributed by atoms with van der Waals surface area (Å²) in [7, 11) is 0. The Balaban J connectivity index is 0.00000161. The lowest BCUT2D eigenvalue weighted by Gasteiger charge is -2.08. The third-order valence-corrected chi connectivity index (χ3v) is 4.23. The predicted octanol–water partition coefficient (Wildman–Crippen LogP) is 2.48. The summed E-state index contributed by atoms with van der Waals surface area (Å²) >= 11 is 3.42. The van der Waals surface area contributed by atoms with E-state index < -0.39 is 0 Å². The molecular formula is C14H18BrClN4O. The lowest BCUT2D eigenvalue weighted by Crippen LogP contribution is -2.26.